The molecule has 5 heteroatoms. The van der Waals surface area contributed by atoms with Gasteiger partial charge in [-0.15, -0.1) is 0 Å². The van der Waals surface area contributed by atoms with E-state index in [4.69, 9.17) is 14.6 Å². The summed E-state index contributed by atoms with van der Waals surface area (Å²) in [5.74, 6) is -0.948. The van der Waals surface area contributed by atoms with E-state index in [0.717, 1.165) is 5.69 Å². The second kappa shape index (κ2) is 6.22. The molecule has 1 aromatic rings. The van der Waals surface area contributed by atoms with Gasteiger partial charge in [0.05, 0.1) is 11.6 Å². The van der Waals surface area contributed by atoms with Gasteiger partial charge in [-0.05, 0) is 25.1 Å². The summed E-state index contributed by atoms with van der Waals surface area (Å²) in [5.41, 5.74) is 0.963. The highest BCUT2D eigenvalue weighted by Crippen LogP contribution is 2.13. The summed E-state index contributed by atoms with van der Waals surface area (Å²) in [6, 6.07) is 6.51. The standard InChI is InChI=1S/C12H17NO4/c1-8(12(16-2)17-3)13-10-6-4-5-9(7-10)11(14)15/h4-8,12-13H,1-3H3,(H,14,15). The molecule has 1 atom stereocenters. The summed E-state index contributed by atoms with van der Waals surface area (Å²) >= 11 is 0. The molecule has 5 nitrogen and oxygen atoms in total. The second-order valence-electron chi connectivity index (χ2n) is 3.66. The minimum absolute atomic E-state index is 0.0888. The zero-order valence-corrected chi connectivity index (χ0v) is 10.1. The van der Waals surface area contributed by atoms with Crippen LogP contribution in [0, 0.1) is 0 Å². The number of nitrogens with one attached hydrogen (secondary N) is 1. The van der Waals surface area contributed by atoms with Crippen molar-refractivity contribution in [3.8, 4) is 0 Å². The molecule has 0 aromatic heterocycles. The van der Waals surface area contributed by atoms with Gasteiger partial charge >= 0.3 is 5.97 Å². The maximum Gasteiger partial charge on any atom is 0.335 e. The Morgan fingerprint density at radius 1 is 1.35 bits per heavy atom. The Hall–Kier alpha value is -1.59. The van der Waals surface area contributed by atoms with Gasteiger partial charge in [0.1, 0.15) is 0 Å². The van der Waals surface area contributed by atoms with Crippen LogP contribution in [0.4, 0.5) is 5.69 Å². The quantitative estimate of drug-likeness (QED) is 0.741. The average Bonchev–Trinajstić information content (AvgIpc) is 2.30. The van der Waals surface area contributed by atoms with Crippen LogP contribution >= 0.6 is 0 Å². The summed E-state index contributed by atoms with van der Waals surface area (Å²) in [6.45, 7) is 1.89. The molecule has 0 fully saturated rings. The highest BCUT2D eigenvalue weighted by Gasteiger charge is 2.15. The van der Waals surface area contributed by atoms with Crippen LogP contribution in [-0.2, 0) is 9.47 Å². The Morgan fingerprint density at radius 2 is 2.00 bits per heavy atom. The number of methoxy groups -OCH3 is 2. The minimum atomic E-state index is -0.948. The molecular weight excluding hydrogens is 222 g/mol. The van der Waals surface area contributed by atoms with Crippen LogP contribution < -0.4 is 5.32 Å². The lowest BCUT2D eigenvalue weighted by Crippen LogP contribution is -2.33. The van der Waals surface area contributed by atoms with E-state index in [9.17, 15) is 4.79 Å². The third-order valence-corrected chi connectivity index (χ3v) is 2.38. The zero-order chi connectivity index (χ0) is 12.8. The van der Waals surface area contributed by atoms with Crippen molar-refractivity contribution >= 4 is 11.7 Å². The van der Waals surface area contributed by atoms with Crippen LogP contribution in [0.15, 0.2) is 24.3 Å². The molecule has 1 unspecified atom stereocenters. The van der Waals surface area contributed by atoms with E-state index in [0.29, 0.717) is 0 Å². The summed E-state index contributed by atoms with van der Waals surface area (Å²) in [4.78, 5) is 10.8. The molecule has 2 N–H and O–H groups in total. The van der Waals surface area contributed by atoms with Crippen molar-refractivity contribution in [2.75, 3.05) is 19.5 Å². The largest absolute Gasteiger partial charge is 0.478 e. The third-order valence-electron chi connectivity index (χ3n) is 2.38. The molecule has 0 heterocycles. The molecule has 0 saturated carbocycles. The van der Waals surface area contributed by atoms with Gasteiger partial charge in [0.25, 0.3) is 0 Å². The van der Waals surface area contributed by atoms with Gasteiger partial charge in [-0.3, -0.25) is 0 Å². The zero-order valence-electron chi connectivity index (χ0n) is 10.1. The number of hydrogen-bond acceptors (Lipinski definition) is 4. The van der Waals surface area contributed by atoms with Gasteiger partial charge in [0, 0.05) is 19.9 Å². The minimum Gasteiger partial charge on any atom is -0.478 e. The van der Waals surface area contributed by atoms with Crippen molar-refractivity contribution in [3.05, 3.63) is 29.8 Å². The van der Waals surface area contributed by atoms with E-state index >= 15 is 0 Å². The normalized spacial score (nSPS) is 12.5. The highest BCUT2D eigenvalue weighted by atomic mass is 16.7. The molecule has 0 bridgehead atoms. The molecule has 17 heavy (non-hydrogen) atoms. The van der Waals surface area contributed by atoms with Crippen molar-refractivity contribution in [2.45, 2.75) is 19.3 Å². The van der Waals surface area contributed by atoms with Crippen molar-refractivity contribution in [1.29, 1.82) is 0 Å². The van der Waals surface area contributed by atoms with E-state index in [1.165, 1.54) is 0 Å². The molecule has 0 radical (unpaired) electrons. The molecular formula is C12H17NO4. The lowest BCUT2D eigenvalue weighted by molar-refractivity contribution is -0.109. The number of ether oxygens (including phenoxy) is 2. The van der Waals surface area contributed by atoms with E-state index in [-0.39, 0.29) is 17.9 Å². The number of hydrogen-bond donors (Lipinski definition) is 2. The van der Waals surface area contributed by atoms with Crippen molar-refractivity contribution < 1.29 is 19.4 Å². The second-order valence-corrected chi connectivity index (χ2v) is 3.66. The molecule has 0 aliphatic rings. The number of benzene rings is 1. The number of carboxylic acid groups (broad SMARTS) is 1. The van der Waals surface area contributed by atoms with Gasteiger partial charge in [0.2, 0.25) is 0 Å². The van der Waals surface area contributed by atoms with Crippen LogP contribution in [0.5, 0.6) is 0 Å². The smallest absolute Gasteiger partial charge is 0.335 e. The molecule has 94 valence electrons. The number of carboxylic acids is 1. The van der Waals surface area contributed by atoms with Gasteiger partial charge in [-0.1, -0.05) is 6.07 Å². The Labute approximate surface area is 100 Å². The summed E-state index contributed by atoms with van der Waals surface area (Å²) in [7, 11) is 3.11. The van der Waals surface area contributed by atoms with Crippen molar-refractivity contribution in [1.82, 2.24) is 0 Å². The molecule has 1 rings (SSSR count). The first kappa shape index (κ1) is 13.5. The summed E-state index contributed by atoms with van der Waals surface area (Å²) in [6.07, 6.45) is -0.386. The van der Waals surface area contributed by atoms with E-state index in [2.05, 4.69) is 5.32 Å². The Morgan fingerprint density at radius 3 is 2.53 bits per heavy atom. The fraction of sp³-hybridized carbons (Fsp3) is 0.417. The summed E-state index contributed by atoms with van der Waals surface area (Å²) < 4.78 is 10.2. The van der Waals surface area contributed by atoms with Gasteiger partial charge < -0.3 is 19.9 Å². The fourth-order valence-corrected chi connectivity index (χ4v) is 1.58. The van der Waals surface area contributed by atoms with Crippen LogP contribution in [0.1, 0.15) is 17.3 Å². The van der Waals surface area contributed by atoms with E-state index < -0.39 is 5.97 Å². The van der Waals surface area contributed by atoms with Crippen LogP contribution in [0.2, 0.25) is 0 Å². The van der Waals surface area contributed by atoms with Gasteiger partial charge in [0.15, 0.2) is 6.29 Å². The SMILES string of the molecule is COC(OC)C(C)Nc1cccc(C(=O)O)c1. The molecule has 0 saturated heterocycles. The number of carbonyl (C=O) groups is 1. The van der Waals surface area contributed by atoms with Gasteiger partial charge in [-0.25, -0.2) is 4.79 Å². The van der Waals surface area contributed by atoms with Crippen molar-refractivity contribution in [2.24, 2.45) is 0 Å². The summed E-state index contributed by atoms with van der Waals surface area (Å²) in [5, 5.41) is 12.0. The highest BCUT2D eigenvalue weighted by molar-refractivity contribution is 5.88. The Balaban J connectivity index is 2.74. The molecule has 0 amide bonds. The maximum absolute atomic E-state index is 10.8. The first-order chi connectivity index (χ1) is 8.08. The molecule has 0 aliphatic carbocycles. The van der Waals surface area contributed by atoms with Gasteiger partial charge in [-0.2, -0.15) is 0 Å². The predicted molar refractivity (Wildman–Crippen MR) is 64.3 cm³/mol. The number of rotatable bonds is 6. The van der Waals surface area contributed by atoms with Crippen LogP contribution in [0.25, 0.3) is 0 Å². The monoisotopic (exact) mass is 239 g/mol. The van der Waals surface area contributed by atoms with Crippen molar-refractivity contribution in [3.63, 3.8) is 0 Å². The average molecular weight is 239 g/mol. The Bertz CT molecular complexity index is 377. The molecule has 0 aliphatic heterocycles. The number of aromatic carboxylic acids is 1. The van der Waals surface area contributed by atoms with Crippen LogP contribution in [-0.4, -0.2) is 37.6 Å². The molecule has 0 spiro atoms. The van der Waals surface area contributed by atoms with Crippen LogP contribution in [0.3, 0.4) is 0 Å². The van der Waals surface area contributed by atoms with E-state index in [1.807, 2.05) is 6.92 Å². The first-order valence-corrected chi connectivity index (χ1v) is 5.24. The molecule has 1 aromatic carbocycles. The Kier molecular flexibility index (Phi) is 4.93. The lowest BCUT2D eigenvalue weighted by Gasteiger charge is -2.23. The van der Waals surface area contributed by atoms with E-state index in [1.54, 1.807) is 38.5 Å². The lowest BCUT2D eigenvalue weighted by atomic mass is 10.2. The first-order valence-electron chi connectivity index (χ1n) is 5.24. The third kappa shape index (κ3) is 3.72. The maximum atomic E-state index is 10.8. The fourth-order valence-electron chi connectivity index (χ4n) is 1.58. The number of anilines is 1. The topological polar surface area (TPSA) is 67.8 Å². The predicted octanol–water partition coefficient (Wildman–Crippen LogP) is 1.80.